The number of piperazine rings is 2. The standard InChI is InChI=1S/C19H29N5O3/c1-3-21-5-7-23(8-6-21)18(25)16-13-17(15-20-14-16)22-9-11-24(12-10-22)19(26)27-4-2/h13-15H,3-12H2,1-2H3. The molecule has 0 radical (unpaired) electrons. The molecule has 1 aromatic heterocycles. The van der Waals surface area contributed by atoms with Crippen LogP contribution < -0.4 is 4.90 Å². The second kappa shape index (κ2) is 9.03. The number of carbonyl (C=O) groups is 2. The van der Waals surface area contributed by atoms with Gasteiger partial charge in [0.15, 0.2) is 0 Å². The van der Waals surface area contributed by atoms with Crippen molar-refractivity contribution in [3.8, 4) is 0 Å². The van der Waals surface area contributed by atoms with Gasteiger partial charge in [-0.1, -0.05) is 6.92 Å². The number of likely N-dealkylation sites (N-methyl/N-ethyl adjacent to an activating group) is 1. The third kappa shape index (κ3) is 4.68. The Bertz CT molecular complexity index is 653. The maximum absolute atomic E-state index is 12.8. The van der Waals surface area contributed by atoms with Crippen LogP contribution in [0.15, 0.2) is 18.5 Å². The first-order valence-electron chi connectivity index (χ1n) is 9.75. The van der Waals surface area contributed by atoms with Crippen molar-refractivity contribution in [3.63, 3.8) is 0 Å². The van der Waals surface area contributed by atoms with Crippen molar-refractivity contribution < 1.29 is 14.3 Å². The number of carbonyl (C=O) groups excluding carboxylic acids is 2. The molecule has 148 valence electrons. The molecule has 1 aromatic rings. The number of hydrogen-bond acceptors (Lipinski definition) is 6. The van der Waals surface area contributed by atoms with E-state index in [1.165, 1.54) is 0 Å². The number of nitrogens with zero attached hydrogens (tertiary/aromatic N) is 5. The smallest absolute Gasteiger partial charge is 0.409 e. The zero-order valence-electron chi connectivity index (χ0n) is 16.3. The Balaban J connectivity index is 1.59. The predicted molar refractivity (Wildman–Crippen MR) is 103 cm³/mol. The van der Waals surface area contributed by atoms with Crippen LogP contribution in [0.5, 0.6) is 0 Å². The molecule has 8 nitrogen and oxygen atoms in total. The quantitative estimate of drug-likeness (QED) is 0.786. The lowest BCUT2D eigenvalue weighted by Crippen LogP contribution is -2.49. The Labute approximate surface area is 160 Å². The minimum atomic E-state index is -0.259. The Morgan fingerprint density at radius 3 is 2.26 bits per heavy atom. The molecule has 0 N–H and O–H groups in total. The van der Waals surface area contributed by atoms with Crippen LogP contribution in [0.4, 0.5) is 10.5 Å². The number of amides is 2. The third-order valence-electron chi connectivity index (χ3n) is 5.25. The van der Waals surface area contributed by atoms with E-state index in [9.17, 15) is 9.59 Å². The second-order valence-electron chi connectivity index (χ2n) is 6.83. The van der Waals surface area contributed by atoms with Crippen molar-refractivity contribution in [3.05, 3.63) is 24.0 Å². The lowest BCUT2D eigenvalue weighted by molar-refractivity contribution is 0.0643. The molecule has 2 aliphatic heterocycles. The number of hydrogen-bond donors (Lipinski definition) is 0. The van der Waals surface area contributed by atoms with E-state index in [1.54, 1.807) is 17.3 Å². The molecule has 0 atom stereocenters. The van der Waals surface area contributed by atoms with Crippen LogP contribution in [0.3, 0.4) is 0 Å². The molecule has 2 amide bonds. The van der Waals surface area contributed by atoms with Gasteiger partial charge in [-0.05, 0) is 19.5 Å². The van der Waals surface area contributed by atoms with E-state index >= 15 is 0 Å². The minimum absolute atomic E-state index is 0.0465. The lowest BCUT2D eigenvalue weighted by atomic mass is 10.2. The number of ether oxygens (including phenoxy) is 1. The summed E-state index contributed by atoms with van der Waals surface area (Å²) in [6.45, 7) is 11.3. The van der Waals surface area contributed by atoms with Crippen molar-refractivity contribution >= 4 is 17.7 Å². The van der Waals surface area contributed by atoms with E-state index in [-0.39, 0.29) is 12.0 Å². The SMILES string of the molecule is CCOC(=O)N1CCN(c2cncc(C(=O)N3CCN(CC)CC3)c2)CC1. The minimum Gasteiger partial charge on any atom is -0.450 e. The van der Waals surface area contributed by atoms with E-state index in [0.29, 0.717) is 38.3 Å². The summed E-state index contributed by atoms with van der Waals surface area (Å²) in [6.07, 6.45) is 3.17. The molecule has 2 aliphatic rings. The number of anilines is 1. The van der Waals surface area contributed by atoms with Crippen LogP contribution in [0, 0.1) is 0 Å². The summed E-state index contributed by atoms with van der Waals surface area (Å²) in [5.41, 5.74) is 1.56. The fourth-order valence-corrected chi connectivity index (χ4v) is 3.53. The van der Waals surface area contributed by atoms with Crippen LogP contribution in [0.25, 0.3) is 0 Å². The molecular weight excluding hydrogens is 346 g/mol. The van der Waals surface area contributed by atoms with Crippen LogP contribution in [-0.2, 0) is 4.74 Å². The first-order chi connectivity index (χ1) is 13.1. The first kappa shape index (κ1) is 19.4. The van der Waals surface area contributed by atoms with Crippen molar-refractivity contribution in [1.82, 2.24) is 19.7 Å². The zero-order chi connectivity index (χ0) is 19.2. The van der Waals surface area contributed by atoms with Crippen LogP contribution in [-0.4, -0.2) is 97.2 Å². The number of pyridine rings is 1. The van der Waals surface area contributed by atoms with E-state index in [0.717, 1.165) is 38.4 Å². The van der Waals surface area contributed by atoms with Gasteiger partial charge in [-0.3, -0.25) is 9.78 Å². The molecule has 0 bridgehead atoms. The summed E-state index contributed by atoms with van der Waals surface area (Å²) in [7, 11) is 0. The molecule has 2 fully saturated rings. The molecule has 0 spiro atoms. The Hall–Kier alpha value is -2.35. The third-order valence-corrected chi connectivity index (χ3v) is 5.25. The fourth-order valence-electron chi connectivity index (χ4n) is 3.53. The second-order valence-corrected chi connectivity index (χ2v) is 6.83. The van der Waals surface area contributed by atoms with Gasteiger partial charge in [0, 0.05) is 58.6 Å². The largest absolute Gasteiger partial charge is 0.450 e. The summed E-state index contributed by atoms with van der Waals surface area (Å²) in [5, 5.41) is 0. The topological polar surface area (TPSA) is 69.2 Å². The highest BCUT2D eigenvalue weighted by atomic mass is 16.6. The summed E-state index contributed by atoms with van der Waals surface area (Å²) in [4.78, 5) is 37.1. The van der Waals surface area contributed by atoms with Gasteiger partial charge in [-0.2, -0.15) is 0 Å². The van der Waals surface area contributed by atoms with Gasteiger partial charge in [-0.25, -0.2) is 4.79 Å². The first-order valence-corrected chi connectivity index (χ1v) is 9.75. The highest BCUT2D eigenvalue weighted by Crippen LogP contribution is 2.19. The molecule has 0 saturated carbocycles. The average Bonchev–Trinajstić information content (AvgIpc) is 2.73. The lowest BCUT2D eigenvalue weighted by Gasteiger charge is -2.36. The Morgan fingerprint density at radius 1 is 0.963 bits per heavy atom. The van der Waals surface area contributed by atoms with Gasteiger partial charge in [0.05, 0.1) is 24.1 Å². The monoisotopic (exact) mass is 375 g/mol. The van der Waals surface area contributed by atoms with Gasteiger partial charge in [-0.15, -0.1) is 0 Å². The number of aromatic nitrogens is 1. The highest BCUT2D eigenvalue weighted by Gasteiger charge is 2.24. The molecule has 0 unspecified atom stereocenters. The molecule has 3 rings (SSSR count). The maximum atomic E-state index is 12.8. The molecule has 27 heavy (non-hydrogen) atoms. The zero-order valence-corrected chi connectivity index (χ0v) is 16.3. The van der Waals surface area contributed by atoms with Crippen molar-refractivity contribution in [2.75, 3.05) is 70.4 Å². The predicted octanol–water partition coefficient (Wildman–Crippen LogP) is 1.14. The van der Waals surface area contributed by atoms with E-state index in [1.807, 2.05) is 17.9 Å². The van der Waals surface area contributed by atoms with E-state index in [4.69, 9.17) is 4.74 Å². The van der Waals surface area contributed by atoms with E-state index < -0.39 is 0 Å². The van der Waals surface area contributed by atoms with Gasteiger partial charge < -0.3 is 24.3 Å². The highest BCUT2D eigenvalue weighted by molar-refractivity contribution is 5.94. The Kier molecular flexibility index (Phi) is 6.49. The van der Waals surface area contributed by atoms with Gasteiger partial charge in [0.1, 0.15) is 0 Å². The molecule has 0 aromatic carbocycles. The summed E-state index contributed by atoms with van der Waals surface area (Å²) in [6, 6.07) is 1.92. The van der Waals surface area contributed by atoms with E-state index in [2.05, 4.69) is 21.7 Å². The summed E-state index contributed by atoms with van der Waals surface area (Å²) >= 11 is 0. The molecule has 0 aliphatic carbocycles. The maximum Gasteiger partial charge on any atom is 0.409 e. The van der Waals surface area contributed by atoms with Gasteiger partial charge >= 0.3 is 6.09 Å². The molecule has 8 heteroatoms. The summed E-state index contributed by atoms with van der Waals surface area (Å²) < 4.78 is 5.06. The van der Waals surface area contributed by atoms with Crippen molar-refractivity contribution in [1.29, 1.82) is 0 Å². The van der Waals surface area contributed by atoms with Crippen molar-refractivity contribution in [2.24, 2.45) is 0 Å². The number of rotatable bonds is 4. The average molecular weight is 375 g/mol. The van der Waals surface area contributed by atoms with Gasteiger partial charge in [0.25, 0.3) is 5.91 Å². The fraction of sp³-hybridized carbons (Fsp3) is 0.632. The van der Waals surface area contributed by atoms with Crippen molar-refractivity contribution in [2.45, 2.75) is 13.8 Å². The molecule has 3 heterocycles. The van der Waals surface area contributed by atoms with Crippen LogP contribution in [0.2, 0.25) is 0 Å². The Morgan fingerprint density at radius 2 is 1.63 bits per heavy atom. The van der Waals surface area contributed by atoms with Crippen LogP contribution in [0.1, 0.15) is 24.2 Å². The molecule has 2 saturated heterocycles. The normalized spacial score (nSPS) is 18.5. The summed E-state index contributed by atoms with van der Waals surface area (Å²) in [5.74, 6) is 0.0465. The van der Waals surface area contributed by atoms with Crippen LogP contribution >= 0.6 is 0 Å². The molecular formula is C19H29N5O3. The van der Waals surface area contributed by atoms with Gasteiger partial charge in [0.2, 0.25) is 0 Å².